The fourth-order valence-corrected chi connectivity index (χ4v) is 2.55. The fourth-order valence-electron chi connectivity index (χ4n) is 2.55. The number of rotatable bonds is 8. The summed E-state index contributed by atoms with van der Waals surface area (Å²) < 4.78 is 5.67. The molecule has 2 aromatic rings. The van der Waals surface area contributed by atoms with Crippen LogP contribution in [0.2, 0.25) is 0 Å². The summed E-state index contributed by atoms with van der Waals surface area (Å²) in [5.41, 5.74) is 1.99. The second-order valence-electron chi connectivity index (χ2n) is 7.35. The molecular weight excluding hydrogens is 340 g/mol. The van der Waals surface area contributed by atoms with Crippen molar-refractivity contribution in [3.63, 3.8) is 0 Å². The number of amides is 2. The molecule has 1 fully saturated rings. The zero-order valence-electron chi connectivity index (χ0n) is 15.8. The Morgan fingerprint density at radius 2 is 1.56 bits per heavy atom. The van der Waals surface area contributed by atoms with Gasteiger partial charge in [0.15, 0.2) is 0 Å². The van der Waals surface area contributed by atoms with Gasteiger partial charge < -0.3 is 15.4 Å². The lowest BCUT2D eigenvalue weighted by atomic mass is 10.1. The molecule has 0 saturated heterocycles. The van der Waals surface area contributed by atoms with Crippen molar-refractivity contribution in [2.75, 3.05) is 17.2 Å². The van der Waals surface area contributed by atoms with E-state index in [9.17, 15) is 9.59 Å². The number of ether oxygens (including phenoxy) is 1. The fraction of sp³-hybridized carbons (Fsp3) is 0.364. The topological polar surface area (TPSA) is 67.4 Å². The van der Waals surface area contributed by atoms with E-state index in [1.807, 2.05) is 12.1 Å². The largest absolute Gasteiger partial charge is 0.494 e. The normalized spacial score (nSPS) is 13.3. The lowest BCUT2D eigenvalue weighted by Gasteiger charge is -2.10. The highest BCUT2D eigenvalue weighted by Gasteiger charge is 2.29. The van der Waals surface area contributed by atoms with Crippen LogP contribution in [0.1, 0.15) is 43.5 Å². The van der Waals surface area contributed by atoms with Gasteiger partial charge in [-0.1, -0.05) is 13.8 Å². The van der Waals surface area contributed by atoms with Gasteiger partial charge in [0, 0.05) is 22.9 Å². The summed E-state index contributed by atoms with van der Waals surface area (Å²) in [6.45, 7) is 4.99. The standard InChI is InChI=1S/C22H26N2O3/c1-15(2)13-14-27-20-11-5-17(6-12-20)22(26)24-19-9-7-18(8-10-19)23-21(25)16-3-4-16/h5-12,15-16H,3-4,13-14H2,1-2H3,(H,23,25)(H,24,26). The van der Waals surface area contributed by atoms with Crippen LogP contribution in [-0.2, 0) is 4.79 Å². The Hall–Kier alpha value is -2.82. The number of benzene rings is 2. The van der Waals surface area contributed by atoms with Crippen molar-refractivity contribution >= 4 is 23.2 Å². The van der Waals surface area contributed by atoms with Gasteiger partial charge in [-0.3, -0.25) is 9.59 Å². The van der Waals surface area contributed by atoms with Gasteiger partial charge in [0.2, 0.25) is 5.91 Å². The molecule has 2 N–H and O–H groups in total. The predicted molar refractivity (Wildman–Crippen MR) is 107 cm³/mol. The number of hydrogen-bond donors (Lipinski definition) is 2. The van der Waals surface area contributed by atoms with Crippen LogP contribution < -0.4 is 15.4 Å². The van der Waals surface area contributed by atoms with E-state index in [4.69, 9.17) is 4.74 Å². The van der Waals surface area contributed by atoms with Crippen LogP contribution in [0.15, 0.2) is 48.5 Å². The summed E-state index contributed by atoms with van der Waals surface area (Å²) >= 11 is 0. The lowest BCUT2D eigenvalue weighted by molar-refractivity contribution is -0.117. The van der Waals surface area contributed by atoms with Crippen LogP contribution >= 0.6 is 0 Å². The Labute approximate surface area is 160 Å². The van der Waals surface area contributed by atoms with Gasteiger partial charge in [-0.2, -0.15) is 0 Å². The molecule has 2 aromatic carbocycles. The number of anilines is 2. The minimum atomic E-state index is -0.182. The third-order valence-corrected chi connectivity index (χ3v) is 4.44. The summed E-state index contributed by atoms with van der Waals surface area (Å²) in [6.07, 6.45) is 2.95. The molecule has 0 aromatic heterocycles. The van der Waals surface area contributed by atoms with Crippen molar-refractivity contribution in [1.82, 2.24) is 0 Å². The van der Waals surface area contributed by atoms with Crippen LogP contribution in [0.3, 0.4) is 0 Å². The first-order valence-electron chi connectivity index (χ1n) is 9.46. The van der Waals surface area contributed by atoms with Crippen LogP contribution in [-0.4, -0.2) is 18.4 Å². The number of carbonyl (C=O) groups excluding carboxylic acids is 2. The van der Waals surface area contributed by atoms with Crippen LogP contribution in [0.4, 0.5) is 11.4 Å². The molecule has 1 aliphatic rings. The highest BCUT2D eigenvalue weighted by atomic mass is 16.5. The van der Waals surface area contributed by atoms with Gasteiger partial charge in [0.1, 0.15) is 5.75 Å². The molecule has 0 unspecified atom stereocenters. The molecule has 5 heteroatoms. The minimum absolute atomic E-state index is 0.0717. The van der Waals surface area contributed by atoms with Crippen molar-refractivity contribution < 1.29 is 14.3 Å². The van der Waals surface area contributed by atoms with Crippen LogP contribution in [0.5, 0.6) is 5.75 Å². The first kappa shape index (κ1) is 19.0. The maximum Gasteiger partial charge on any atom is 0.255 e. The van der Waals surface area contributed by atoms with E-state index in [0.717, 1.165) is 30.7 Å². The Kier molecular flexibility index (Phi) is 6.12. The van der Waals surface area contributed by atoms with Crippen molar-refractivity contribution in [2.24, 2.45) is 11.8 Å². The summed E-state index contributed by atoms with van der Waals surface area (Å²) in [7, 11) is 0. The molecule has 0 heterocycles. The Balaban J connectivity index is 1.51. The molecule has 1 saturated carbocycles. The third kappa shape index (κ3) is 5.84. The van der Waals surface area contributed by atoms with Crippen molar-refractivity contribution in [3.05, 3.63) is 54.1 Å². The average molecular weight is 366 g/mol. The molecule has 5 nitrogen and oxygen atoms in total. The molecule has 0 spiro atoms. The lowest BCUT2D eigenvalue weighted by Crippen LogP contribution is -2.14. The first-order chi connectivity index (χ1) is 13.0. The van der Waals surface area contributed by atoms with E-state index in [1.54, 1.807) is 36.4 Å². The zero-order chi connectivity index (χ0) is 19.2. The van der Waals surface area contributed by atoms with Crippen LogP contribution in [0.25, 0.3) is 0 Å². The highest BCUT2D eigenvalue weighted by molar-refractivity contribution is 6.04. The molecule has 0 radical (unpaired) electrons. The summed E-state index contributed by atoms with van der Waals surface area (Å²) in [4.78, 5) is 24.1. The van der Waals surface area contributed by atoms with E-state index in [0.29, 0.717) is 23.8 Å². The summed E-state index contributed by atoms with van der Waals surface area (Å²) in [6, 6.07) is 14.3. The van der Waals surface area contributed by atoms with Gasteiger partial charge in [-0.05, 0) is 73.7 Å². The predicted octanol–water partition coefficient (Wildman–Crippen LogP) is 4.71. The van der Waals surface area contributed by atoms with Gasteiger partial charge in [0.05, 0.1) is 6.61 Å². The molecule has 1 aliphatic carbocycles. The molecule has 27 heavy (non-hydrogen) atoms. The number of hydrogen-bond acceptors (Lipinski definition) is 3. The molecule has 2 amide bonds. The van der Waals surface area contributed by atoms with Crippen molar-refractivity contribution in [1.29, 1.82) is 0 Å². The summed E-state index contributed by atoms with van der Waals surface area (Å²) in [5.74, 6) is 1.43. The second kappa shape index (κ2) is 8.71. The summed E-state index contributed by atoms with van der Waals surface area (Å²) in [5, 5.41) is 5.74. The zero-order valence-corrected chi connectivity index (χ0v) is 15.8. The molecule has 3 rings (SSSR count). The minimum Gasteiger partial charge on any atom is -0.494 e. The Bertz CT molecular complexity index is 778. The van der Waals surface area contributed by atoms with Gasteiger partial charge >= 0.3 is 0 Å². The van der Waals surface area contributed by atoms with E-state index in [-0.39, 0.29) is 17.7 Å². The molecule has 0 atom stereocenters. The SMILES string of the molecule is CC(C)CCOc1ccc(C(=O)Nc2ccc(NC(=O)C3CC3)cc2)cc1. The first-order valence-corrected chi connectivity index (χ1v) is 9.46. The van der Waals surface area contributed by atoms with Crippen molar-refractivity contribution in [3.8, 4) is 5.75 Å². The molecule has 0 bridgehead atoms. The quantitative estimate of drug-likeness (QED) is 0.711. The van der Waals surface area contributed by atoms with E-state index in [2.05, 4.69) is 24.5 Å². The maximum atomic E-state index is 12.4. The highest BCUT2D eigenvalue weighted by Crippen LogP contribution is 2.30. The Morgan fingerprint density at radius 1 is 0.963 bits per heavy atom. The smallest absolute Gasteiger partial charge is 0.255 e. The van der Waals surface area contributed by atoms with E-state index < -0.39 is 0 Å². The molecular formula is C22H26N2O3. The van der Waals surface area contributed by atoms with Gasteiger partial charge in [-0.25, -0.2) is 0 Å². The van der Waals surface area contributed by atoms with Crippen LogP contribution in [0, 0.1) is 11.8 Å². The Morgan fingerprint density at radius 3 is 2.11 bits per heavy atom. The maximum absolute atomic E-state index is 12.4. The van der Waals surface area contributed by atoms with E-state index >= 15 is 0 Å². The molecule has 0 aliphatic heterocycles. The number of nitrogens with one attached hydrogen (secondary N) is 2. The second-order valence-corrected chi connectivity index (χ2v) is 7.35. The van der Waals surface area contributed by atoms with Gasteiger partial charge in [-0.15, -0.1) is 0 Å². The number of carbonyl (C=O) groups is 2. The third-order valence-electron chi connectivity index (χ3n) is 4.44. The van der Waals surface area contributed by atoms with Crippen molar-refractivity contribution in [2.45, 2.75) is 33.1 Å². The van der Waals surface area contributed by atoms with E-state index in [1.165, 1.54) is 0 Å². The monoisotopic (exact) mass is 366 g/mol. The van der Waals surface area contributed by atoms with Gasteiger partial charge in [0.25, 0.3) is 5.91 Å². The molecule has 142 valence electrons. The average Bonchev–Trinajstić information content (AvgIpc) is 3.49.